The highest BCUT2D eigenvalue weighted by atomic mass is 35.5. The molecule has 0 spiro atoms. The van der Waals surface area contributed by atoms with E-state index in [1.807, 2.05) is 37.3 Å². The highest BCUT2D eigenvalue weighted by molar-refractivity contribution is 6.61. The number of hydrogen-bond donors (Lipinski definition) is 0. The number of rotatable bonds is 7. The minimum absolute atomic E-state index is 0.0269. The smallest absolute Gasteiger partial charge is 0.404 e. The van der Waals surface area contributed by atoms with Crippen molar-refractivity contribution >= 4 is 23.0 Å². The Morgan fingerprint density at radius 1 is 1.26 bits per heavy atom. The van der Waals surface area contributed by atoms with Crippen molar-refractivity contribution in [3.63, 3.8) is 0 Å². The monoisotopic (exact) mass is 284 g/mol. The molecule has 0 bridgehead atoms. The molecule has 1 aromatic rings. The Hall–Kier alpha value is -1.55. The summed E-state index contributed by atoms with van der Waals surface area (Å²) < 4.78 is 9.95. The number of hydrogen-bond acceptors (Lipinski definition) is 4. The van der Waals surface area contributed by atoms with Crippen LogP contribution in [-0.4, -0.2) is 17.5 Å². The first-order chi connectivity index (χ1) is 9.11. The molecule has 0 saturated heterocycles. The third-order valence-corrected chi connectivity index (χ3v) is 2.60. The van der Waals surface area contributed by atoms with E-state index in [1.54, 1.807) is 0 Å². The lowest BCUT2D eigenvalue weighted by Crippen LogP contribution is -2.20. The van der Waals surface area contributed by atoms with Crippen LogP contribution in [0.25, 0.3) is 0 Å². The van der Waals surface area contributed by atoms with E-state index < -0.39 is 17.5 Å². The summed E-state index contributed by atoms with van der Waals surface area (Å²) in [6, 6.07) is 9.38. The van der Waals surface area contributed by atoms with Gasteiger partial charge >= 0.3 is 11.4 Å². The van der Waals surface area contributed by atoms with Gasteiger partial charge in [0.05, 0.1) is 6.42 Å². The van der Waals surface area contributed by atoms with Crippen LogP contribution in [-0.2, 0) is 20.9 Å². The van der Waals surface area contributed by atoms with Gasteiger partial charge in [-0.05, 0) is 12.0 Å². The first-order valence-electron chi connectivity index (χ1n) is 6.17. The maximum Gasteiger partial charge on any atom is 0.404 e. The molecule has 0 aromatic heterocycles. The molecule has 1 aromatic carbocycles. The zero-order valence-corrected chi connectivity index (χ0v) is 11.6. The van der Waals surface area contributed by atoms with Gasteiger partial charge < -0.3 is 9.47 Å². The molecule has 4 nitrogen and oxygen atoms in total. The maximum absolute atomic E-state index is 11.6. The van der Waals surface area contributed by atoms with Crippen LogP contribution in [0.5, 0.6) is 0 Å². The van der Waals surface area contributed by atoms with Crippen molar-refractivity contribution in [3.8, 4) is 0 Å². The largest absolute Gasteiger partial charge is 0.461 e. The van der Waals surface area contributed by atoms with Crippen LogP contribution < -0.4 is 0 Å². The molecule has 0 saturated carbocycles. The van der Waals surface area contributed by atoms with Crippen LogP contribution in [0.1, 0.15) is 31.7 Å². The lowest BCUT2D eigenvalue weighted by Gasteiger charge is -2.14. The molecule has 0 aliphatic rings. The van der Waals surface area contributed by atoms with Gasteiger partial charge in [-0.15, -0.1) is 0 Å². The molecule has 0 aliphatic heterocycles. The fourth-order valence-electron chi connectivity index (χ4n) is 1.64. The fourth-order valence-corrected chi connectivity index (χ4v) is 1.76. The van der Waals surface area contributed by atoms with Gasteiger partial charge in [-0.1, -0.05) is 43.7 Å². The summed E-state index contributed by atoms with van der Waals surface area (Å²) in [7, 11) is 0. The summed E-state index contributed by atoms with van der Waals surface area (Å²) in [5, 5.41) is 0. The summed E-state index contributed by atoms with van der Waals surface area (Å²) in [5.74, 6) is -0.403. The Bertz CT molecular complexity index is 405. The number of halogens is 1. The average molecular weight is 285 g/mol. The SMILES string of the molecule is CCCC(CC(=O)OCc1ccccc1)OC(=O)Cl. The first kappa shape index (κ1) is 15.5. The predicted molar refractivity (Wildman–Crippen MR) is 71.9 cm³/mol. The van der Waals surface area contributed by atoms with Crippen LogP contribution in [0.15, 0.2) is 30.3 Å². The lowest BCUT2D eigenvalue weighted by atomic mass is 10.1. The summed E-state index contributed by atoms with van der Waals surface area (Å²) in [4.78, 5) is 22.3. The van der Waals surface area contributed by atoms with Crippen molar-refractivity contribution in [3.05, 3.63) is 35.9 Å². The van der Waals surface area contributed by atoms with Crippen LogP contribution in [0.4, 0.5) is 4.79 Å². The zero-order valence-electron chi connectivity index (χ0n) is 10.8. The molecular weight excluding hydrogens is 268 g/mol. The van der Waals surface area contributed by atoms with Gasteiger partial charge in [-0.2, -0.15) is 0 Å². The van der Waals surface area contributed by atoms with Crippen LogP contribution in [0.2, 0.25) is 0 Å². The Balaban J connectivity index is 2.37. The predicted octanol–water partition coefficient (Wildman–Crippen LogP) is 3.66. The van der Waals surface area contributed by atoms with E-state index in [0.29, 0.717) is 6.42 Å². The van der Waals surface area contributed by atoms with E-state index in [2.05, 4.69) is 0 Å². The summed E-state index contributed by atoms with van der Waals surface area (Å²) in [6.45, 7) is 2.15. The lowest BCUT2D eigenvalue weighted by molar-refractivity contribution is -0.147. The van der Waals surface area contributed by atoms with Crippen LogP contribution >= 0.6 is 11.6 Å². The van der Waals surface area contributed by atoms with Gasteiger partial charge in [0.1, 0.15) is 12.7 Å². The number of benzene rings is 1. The normalized spacial score (nSPS) is 11.7. The van der Waals surface area contributed by atoms with Crippen LogP contribution in [0, 0.1) is 0 Å². The Morgan fingerprint density at radius 2 is 1.95 bits per heavy atom. The number of ether oxygens (including phenoxy) is 2. The standard InChI is InChI=1S/C14H17ClO4/c1-2-6-12(19-14(15)17)9-13(16)18-10-11-7-4-3-5-8-11/h3-5,7-8,12H,2,6,9-10H2,1H3. The summed E-state index contributed by atoms with van der Waals surface area (Å²) in [5.41, 5.74) is 0.0199. The zero-order chi connectivity index (χ0) is 14.1. The highest BCUT2D eigenvalue weighted by Crippen LogP contribution is 2.11. The van der Waals surface area contributed by atoms with Gasteiger partial charge in [0.25, 0.3) is 0 Å². The molecule has 1 unspecified atom stereocenters. The van der Waals surface area contributed by atoms with Crippen molar-refractivity contribution in [2.45, 2.75) is 38.9 Å². The summed E-state index contributed by atoms with van der Waals surface area (Å²) in [6.07, 6.45) is 0.886. The number of carbonyl (C=O) groups is 2. The maximum atomic E-state index is 11.6. The molecule has 0 radical (unpaired) electrons. The second kappa shape index (κ2) is 8.53. The van der Waals surface area contributed by atoms with Crippen molar-refractivity contribution in [1.29, 1.82) is 0 Å². The quantitative estimate of drug-likeness (QED) is 0.566. The van der Waals surface area contributed by atoms with E-state index in [0.717, 1.165) is 12.0 Å². The van der Waals surface area contributed by atoms with E-state index in [-0.39, 0.29) is 13.0 Å². The molecule has 104 valence electrons. The third kappa shape index (κ3) is 6.82. The average Bonchev–Trinajstić information content (AvgIpc) is 2.37. The van der Waals surface area contributed by atoms with Gasteiger partial charge in [-0.25, -0.2) is 4.79 Å². The van der Waals surface area contributed by atoms with E-state index >= 15 is 0 Å². The van der Waals surface area contributed by atoms with E-state index in [1.165, 1.54) is 0 Å². The molecule has 5 heteroatoms. The fraction of sp³-hybridized carbons (Fsp3) is 0.429. The highest BCUT2D eigenvalue weighted by Gasteiger charge is 2.17. The second-order valence-corrected chi connectivity index (χ2v) is 4.43. The van der Waals surface area contributed by atoms with Crippen molar-refractivity contribution in [2.75, 3.05) is 0 Å². The molecule has 0 N–H and O–H groups in total. The number of carbonyl (C=O) groups excluding carboxylic acids is 2. The van der Waals surface area contributed by atoms with Crippen molar-refractivity contribution < 1.29 is 19.1 Å². The van der Waals surface area contributed by atoms with Gasteiger partial charge in [0, 0.05) is 11.6 Å². The van der Waals surface area contributed by atoms with Crippen molar-refractivity contribution in [1.82, 2.24) is 0 Å². The first-order valence-corrected chi connectivity index (χ1v) is 6.55. The third-order valence-electron chi connectivity index (χ3n) is 2.51. The molecule has 0 fully saturated rings. The molecule has 1 rings (SSSR count). The van der Waals surface area contributed by atoms with E-state index in [9.17, 15) is 9.59 Å². The topological polar surface area (TPSA) is 52.6 Å². The molecule has 0 heterocycles. The molecule has 0 aliphatic carbocycles. The van der Waals surface area contributed by atoms with Gasteiger partial charge in [0.2, 0.25) is 0 Å². The molecule has 0 amide bonds. The molecule has 19 heavy (non-hydrogen) atoms. The summed E-state index contributed by atoms with van der Waals surface area (Å²) >= 11 is 5.15. The van der Waals surface area contributed by atoms with Crippen molar-refractivity contribution in [2.24, 2.45) is 0 Å². The van der Waals surface area contributed by atoms with Crippen LogP contribution in [0.3, 0.4) is 0 Å². The Morgan fingerprint density at radius 3 is 2.53 bits per heavy atom. The minimum Gasteiger partial charge on any atom is -0.461 e. The van der Waals surface area contributed by atoms with Gasteiger partial charge in [-0.3, -0.25) is 4.79 Å². The Kier molecular flexibility index (Phi) is 6.97. The molecular formula is C14H17ClO4. The molecule has 1 atom stereocenters. The van der Waals surface area contributed by atoms with Gasteiger partial charge in [0.15, 0.2) is 0 Å². The second-order valence-electron chi connectivity index (χ2n) is 4.12. The van der Waals surface area contributed by atoms with E-state index in [4.69, 9.17) is 21.1 Å². The minimum atomic E-state index is -0.894. The Labute approximate surface area is 117 Å². The number of esters is 1.